The topological polar surface area (TPSA) is 66.9 Å². The molecule has 2 N–H and O–H groups in total. The van der Waals surface area contributed by atoms with Crippen LogP contribution in [0.3, 0.4) is 0 Å². The second-order valence-corrected chi connectivity index (χ2v) is 6.20. The molecule has 1 amide bonds. The SMILES string of the molecule is O=C(Nc1cc(Cl)cc(Cl)c1)c1ccnc(NCc2ccccc2F)n1. The molecule has 3 aromatic rings. The number of anilines is 2. The van der Waals surface area contributed by atoms with Crippen LogP contribution in [0.2, 0.25) is 10.0 Å². The van der Waals surface area contributed by atoms with E-state index in [2.05, 4.69) is 20.6 Å². The van der Waals surface area contributed by atoms with Gasteiger partial charge in [0.25, 0.3) is 5.91 Å². The minimum absolute atomic E-state index is 0.145. The Kier molecular flexibility index (Phi) is 5.65. The van der Waals surface area contributed by atoms with Crippen molar-refractivity contribution in [3.05, 3.63) is 81.8 Å². The van der Waals surface area contributed by atoms with Crippen LogP contribution in [0, 0.1) is 5.82 Å². The summed E-state index contributed by atoms with van der Waals surface area (Å²) in [4.78, 5) is 20.5. The van der Waals surface area contributed by atoms with Crippen molar-refractivity contribution in [3.8, 4) is 0 Å². The molecule has 0 fully saturated rings. The second-order valence-electron chi connectivity index (χ2n) is 5.32. The van der Waals surface area contributed by atoms with Gasteiger partial charge in [-0.05, 0) is 30.3 Å². The predicted octanol–water partition coefficient (Wildman–Crippen LogP) is 4.79. The van der Waals surface area contributed by atoms with Crippen molar-refractivity contribution in [3.63, 3.8) is 0 Å². The molecule has 0 aliphatic rings. The Morgan fingerprint density at radius 2 is 1.81 bits per heavy atom. The van der Waals surface area contributed by atoms with E-state index < -0.39 is 5.91 Å². The van der Waals surface area contributed by atoms with Gasteiger partial charge in [-0.25, -0.2) is 14.4 Å². The normalized spacial score (nSPS) is 10.4. The zero-order chi connectivity index (χ0) is 18.5. The average molecular weight is 391 g/mol. The summed E-state index contributed by atoms with van der Waals surface area (Å²) < 4.78 is 13.6. The molecule has 132 valence electrons. The number of amides is 1. The molecule has 3 rings (SSSR count). The van der Waals surface area contributed by atoms with E-state index in [9.17, 15) is 9.18 Å². The van der Waals surface area contributed by atoms with Crippen LogP contribution in [0.4, 0.5) is 16.0 Å². The predicted molar refractivity (Wildman–Crippen MR) is 100 cm³/mol. The largest absolute Gasteiger partial charge is 0.350 e. The monoisotopic (exact) mass is 390 g/mol. The highest BCUT2D eigenvalue weighted by Gasteiger charge is 2.11. The van der Waals surface area contributed by atoms with E-state index in [1.807, 2.05) is 0 Å². The number of rotatable bonds is 5. The summed E-state index contributed by atoms with van der Waals surface area (Å²) >= 11 is 11.8. The van der Waals surface area contributed by atoms with Crippen molar-refractivity contribution in [2.45, 2.75) is 6.54 Å². The van der Waals surface area contributed by atoms with Gasteiger partial charge in [0, 0.05) is 34.0 Å². The van der Waals surface area contributed by atoms with E-state index in [1.54, 1.807) is 36.4 Å². The second kappa shape index (κ2) is 8.12. The lowest BCUT2D eigenvalue weighted by Crippen LogP contribution is -2.15. The Labute approximate surface area is 159 Å². The van der Waals surface area contributed by atoms with E-state index in [1.165, 1.54) is 18.3 Å². The lowest BCUT2D eigenvalue weighted by molar-refractivity contribution is 0.102. The van der Waals surface area contributed by atoms with Crippen LogP contribution in [0.5, 0.6) is 0 Å². The lowest BCUT2D eigenvalue weighted by Gasteiger charge is -2.08. The third-order valence-electron chi connectivity index (χ3n) is 3.40. The van der Waals surface area contributed by atoms with Crippen LogP contribution in [0.25, 0.3) is 0 Å². The number of carbonyl (C=O) groups is 1. The van der Waals surface area contributed by atoms with Gasteiger partial charge in [0.05, 0.1) is 0 Å². The first-order valence-electron chi connectivity index (χ1n) is 7.59. The standard InChI is InChI=1S/C18H13Cl2FN4O/c19-12-7-13(20)9-14(8-12)24-17(26)16-5-6-22-18(25-16)23-10-11-3-1-2-4-15(11)21/h1-9H,10H2,(H,24,26)(H,22,23,25). The molecule has 26 heavy (non-hydrogen) atoms. The molecule has 0 saturated heterocycles. The molecule has 2 aromatic carbocycles. The van der Waals surface area contributed by atoms with E-state index >= 15 is 0 Å². The van der Waals surface area contributed by atoms with Gasteiger partial charge in [0.2, 0.25) is 5.95 Å². The fourth-order valence-corrected chi connectivity index (χ4v) is 2.73. The molecule has 0 bridgehead atoms. The van der Waals surface area contributed by atoms with E-state index in [0.29, 0.717) is 21.3 Å². The molecule has 8 heteroatoms. The van der Waals surface area contributed by atoms with Gasteiger partial charge < -0.3 is 10.6 Å². The zero-order valence-electron chi connectivity index (χ0n) is 13.3. The molecule has 0 unspecified atom stereocenters. The van der Waals surface area contributed by atoms with Crippen molar-refractivity contribution >= 4 is 40.7 Å². The first-order chi connectivity index (χ1) is 12.5. The highest BCUT2D eigenvalue weighted by atomic mass is 35.5. The maximum Gasteiger partial charge on any atom is 0.274 e. The summed E-state index contributed by atoms with van der Waals surface area (Å²) in [5.41, 5.74) is 1.07. The average Bonchev–Trinajstić information content (AvgIpc) is 2.60. The van der Waals surface area contributed by atoms with Crippen molar-refractivity contribution < 1.29 is 9.18 Å². The summed E-state index contributed by atoms with van der Waals surface area (Å²) in [6.45, 7) is 0.196. The minimum atomic E-state index is -0.445. The van der Waals surface area contributed by atoms with Gasteiger partial charge >= 0.3 is 0 Å². The fraction of sp³-hybridized carbons (Fsp3) is 0.0556. The number of nitrogens with zero attached hydrogens (tertiary/aromatic N) is 2. The smallest absolute Gasteiger partial charge is 0.274 e. The van der Waals surface area contributed by atoms with E-state index in [-0.39, 0.29) is 24.0 Å². The van der Waals surface area contributed by atoms with Crippen molar-refractivity contribution in [2.75, 3.05) is 10.6 Å². The molecule has 5 nitrogen and oxygen atoms in total. The Balaban J connectivity index is 1.70. The highest BCUT2D eigenvalue weighted by Crippen LogP contribution is 2.22. The zero-order valence-corrected chi connectivity index (χ0v) is 14.9. The molecule has 0 spiro atoms. The number of nitrogens with one attached hydrogen (secondary N) is 2. The molecule has 0 saturated carbocycles. The maximum atomic E-state index is 13.6. The molecule has 0 atom stereocenters. The summed E-state index contributed by atoms with van der Waals surface area (Å²) in [5, 5.41) is 6.37. The van der Waals surface area contributed by atoms with Crippen LogP contribution >= 0.6 is 23.2 Å². The summed E-state index contributed by atoms with van der Waals surface area (Å²) in [5.74, 6) is -0.559. The first kappa shape index (κ1) is 18.1. The maximum absolute atomic E-state index is 13.6. The molecule has 0 radical (unpaired) electrons. The Morgan fingerprint density at radius 3 is 2.54 bits per heavy atom. The Morgan fingerprint density at radius 1 is 1.08 bits per heavy atom. The van der Waals surface area contributed by atoms with Gasteiger partial charge in [0.1, 0.15) is 11.5 Å². The quantitative estimate of drug-likeness (QED) is 0.657. The number of aromatic nitrogens is 2. The highest BCUT2D eigenvalue weighted by molar-refractivity contribution is 6.35. The Hall–Kier alpha value is -2.70. The van der Waals surface area contributed by atoms with Gasteiger partial charge in [-0.3, -0.25) is 4.79 Å². The van der Waals surface area contributed by atoms with Crippen LogP contribution in [-0.4, -0.2) is 15.9 Å². The fourth-order valence-electron chi connectivity index (χ4n) is 2.21. The van der Waals surface area contributed by atoms with Crippen LogP contribution in [0.1, 0.15) is 16.1 Å². The van der Waals surface area contributed by atoms with Crippen LogP contribution in [-0.2, 0) is 6.54 Å². The molecule has 1 heterocycles. The van der Waals surface area contributed by atoms with Crippen molar-refractivity contribution in [1.82, 2.24) is 9.97 Å². The van der Waals surface area contributed by atoms with Crippen molar-refractivity contribution in [1.29, 1.82) is 0 Å². The molecule has 0 aliphatic carbocycles. The first-order valence-corrected chi connectivity index (χ1v) is 8.34. The third kappa shape index (κ3) is 4.68. The van der Waals surface area contributed by atoms with Crippen LogP contribution < -0.4 is 10.6 Å². The number of halogens is 3. The number of benzene rings is 2. The van der Waals surface area contributed by atoms with E-state index in [0.717, 1.165) is 0 Å². The molecular formula is C18H13Cl2FN4O. The molecule has 0 aliphatic heterocycles. The van der Waals surface area contributed by atoms with Gasteiger partial charge in [-0.2, -0.15) is 0 Å². The number of carbonyl (C=O) groups excluding carboxylic acids is 1. The summed E-state index contributed by atoms with van der Waals surface area (Å²) in [6, 6.07) is 12.6. The summed E-state index contributed by atoms with van der Waals surface area (Å²) in [7, 11) is 0. The summed E-state index contributed by atoms with van der Waals surface area (Å²) in [6.07, 6.45) is 1.44. The van der Waals surface area contributed by atoms with Gasteiger partial charge in [0.15, 0.2) is 0 Å². The molecular weight excluding hydrogens is 378 g/mol. The number of hydrogen-bond donors (Lipinski definition) is 2. The molecule has 1 aromatic heterocycles. The van der Waals surface area contributed by atoms with Crippen LogP contribution in [0.15, 0.2) is 54.7 Å². The van der Waals surface area contributed by atoms with Gasteiger partial charge in [-0.15, -0.1) is 0 Å². The lowest BCUT2D eigenvalue weighted by atomic mass is 10.2. The Bertz CT molecular complexity index is 932. The van der Waals surface area contributed by atoms with Gasteiger partial charge in [-0.1, -0.05) is 41.4 Å². The number of hydrogen-bond acceptors (Lipinski definition) is 4. The van der Waals surface area contributed by atoms with Crippen molar-refractivity contribution in [2.24, 2.45) is 0 Å². The minimum Gasteiger partial charge on any atom is -0.350 e. The van der Waals surface area contributed by atoms with E-state index in [4.69, 9.17) is 23.2 Å². The third-order valence-corrected chi connectivity index (χ3v) is 3.84.